The van der Waals surface area contributed by atoms with Crippen molar-refractivity contribution in [2.24, 2.45) is 10.3 Å². The van der Waals surface area contributed by atoms with Gasteiger partial charge in [0, 0.05) is 33.2 Å². The van der Waals surface area contributed by atoms with E-state index < -0.39 is 41.1 Å². The minimum Gasteiger partial charge on any atom is -0.411 e. The van der Waals surface area contributed by atoms with E-state index in [-0.39, 0.29) is 21.3 Å². The number of hydrogen-bond donors (Lipinski definition) is 1. The van der Waals surface area contributed by atoms with E-state index in [4.69, 9.17) is 33.2 Å². The van der Waals surface area contributed by atoms with Crippen molar-refractivity contribution in [2.75, 3.05) is 0 Å². The van der Waals surface area contributed by atoms with Crippen LogP contribution in [0.2, 0.25) is 10.0 Å². The van der Waals surface area contributed by atoms with E-state index in [1.807, 2.05) is 0 Å². The highest BCUT2D eigenvalue weighted by molar-refractivity contribution is 6.34. The smallest absolute Gasteiger partial charge is 0.411 e. The molecule has 1 N–H and O–H groups in total. The maximum absolute atomic E-state index is 14.0. The monoisotopic (exact) mass is 470 g/mol. The molecule has 4 nitrogen and oxygen atoms in total. The number of benzene rings is 2. The van der Waals surface area contributed by atoms with Crippen LogP contribution in [0, 0.1) is 0 Å². The molecular formula is C18H10Cl2F6N2O2. The first-order chi connectivity index (χ1) is 13.9. The molecule has 0 aromatic heterocycles. The van der Waals surface area contributed by atoms with Crippen molar-refractivity contribution < 1.29 is 36.4 Å². The average molecular weight is 471 g/mol. The van der Waals surface area contributed by atoms with Crippen LogP contribution in [0.5, 0.6) is 0 Å². The third kappa shape index (κ3) is 4.06. The third-order valence-corrected chi connectivity index (χ3v) is 4.84. The number of nitrogens with zero attached hydrogens (tertiary/aromatic N) is 2. The van der Waals surface area contributed by atoms with Gasteiger partial charge in [-0.3, -0.25) is 0 Å². The Bertz CT molecular complexity index is 1020. The van der Waals surface area contributed by atoms with Crippen LogP contribution in [0.25, 0.3) is 0 Å². The molecule has 0 spiro atoms. The molecule has 1 aliphatic rings. The Morgan fingerprint density at radius 3 is 2.20 bits per heavy atom. The summed E-state index contributed by atoms with van der Waals surface area (Å²) in [6.07, 6.45) is -10.2. The summed E-state index contributed by atoms with van der Waals surface area (Å²) in [7, 11) is 0. The molecule has 0 fully saturated rings. The van der Waals surface area contributed by atoms with Crippen molar-refractivity contribution in [3.8, 4) is 0 Å². The fourth-order valence-electron chi connectivity index (χ4n) is 3.00. The number of hydrogen-bond acceptors (Lipinski definition) is 4. The van der Waals surface area contributed by atoms with E-state index >= 15 is 0 Å². The maximum atomic E-state index is 14.0. The van der Waals surface area contributed by atoms with E-state index in [0.29, 0.717) is 12.3 Å². The van der Waals surface area contributed by atoms with E-state index in [1.54, 1.807) is 0 Å². The maximum Gasteiger partial charge on any atom is 0.435 e. The largest absolute Gasteiger partial charge is 0.435 e. The highest BCUT2D eigenvalue weighted by Gasteiger charge is 2.62. The van der Waals surface area contributed by atoms with Gasteiger partial charge in [-0.05, 0) is 24.3 Å². The summed E-state index contributed by atoms with van der Waals surface area (Å²) in [6, 6.07) is 5.90. The average Bonchev–Trinajstić information content (AvgIpc) is 3.07. The molecule has 3 rings (SSSR count). The molecule has 0 amide bonds. The first-order valence-electron chi connectivity index (χ1n) is 8.05. The van der Waals surface area contributed by atoms with Crippen molar-refractivity contribution in [3.63, 3.8) is 0 Å². The molecule has 1 atom stereocenters. The molecule has 0 radical (unpaired) electrons. The fraction of sp³-hybridized carbons (Fsp3) is 0.222. The van der Waals surface area contributed by atoms with E-state index in [9.17, 15) is 26.3 Å². The summed E-state index contributed by atoms with van der Waals surface area (Å²) in [4.78, 5) is 4.77. The molecule has 160 valence electrons. The van der Waals surface area contributed by atoms with Gasteiger partial charge in [0.25, 0.3) is 5.60 Å². The van der Waals surface area contributed by atoms with Crippen LogP contribution >= 0.6 is 23.2 Å². The van der Waals surface area contributed by atoms with Crippen molar-refractivity contribution >= 4 is 35.1 Å². The minimum absolute atomic E-state index is 0.0785. The first-order valence-corrected chi connectivity index (χ1v) is 8.80. The van der Waals surface area contributed by atoms with Gasteiger partial charge in [0.1, 0.15) is 0 Å². The minimum atomic E-state index is -4.98. The standard InChI is InChI=1S/C18H10Cl2F6N2O2/c19-12-4-11(5-13(20)6-12)16(18(24,25)26)7-15(28-30-16)9-1-2-10(8-27-29)14(3-9)17(21,22)23/h1-6,8,29H,7H2/b27-8+. The topological polar surface area (TPSA) is 54.2 Å². The van der Waals surface area contributed by atoms with Crippen LogP contribution in [0.1, 0.15) is 28.7 Å². The van der Waals surface area contributed by atoms with Crippen LogP contribution in [0.15, 0.2) is 46.7 Å². The molecule has 2 aromatic rings. The van der Waals surface area contributed by atoms with E-state index in [2.05, 4.69) is 10.3 Å². The summed E-state index contributed by atoms with van der Waals surface area (Å²) < 4.78 is 81.9. The summed E-state index contributed by atoms with van der Waals surface area (Å²) in [5, 5.41) is 14.4. The lowest BCUT2D eigenvalue weighted by molar-refractivity contribution is -0.275. The second-order valence-corrected chi connectivity index (χ2v) is 7.21. The van der Waals surface area contributed by atoms with Gasteiger partial charge in [-0.25, -0.2) is 0 Å². The van der Waals surface area contributed by atoms with Crippen LogP contribution < -0.4 is 0 Å². The molecule has 30 heavy (non-hydrogen) atoms. The van der Waals surface area contributed by atoms with Crippen LogP contribution in [0.4, 0.5) is 26.3 Å². The van der Waals surface area contributed by atoms with Gasteiger partial charge in [-0.1, -0.05) is 45.6 Å². The molecule has 0 bridgehead atoms. The molecule has 0 saturated heterocycles. The van der Waals surface area contributed by atoms with Gasteiger partial charge in [-0.2, -0.15) is 26.3 Å². The van der Waals surface area contributed by atoms with Gasteiger partial charge in [0.15, 0.2) is 0 Å². The Labute approximate surface area is 175 Å². The van der Waals surface area contributed by atoms with Crippen molar-refractivity contribution in [1.29, 1.82) is 0 Å². The van der Waals surface area contributed by atoms with Gasteiger partial charge in [0.05, 0.1) is 17.5 Å². The zero-order valence-corrected chi connectivity index (χ0v) is 16.0. The predicted octanol–water partition coefficient (Wildman–Crippen LogP) is 6.40. The van der Waals surface area contributed by atoms with Gasteiger partial charge >= 0.3 is 12.4 Å². The molecular weight excluding hydrogens is 461 g/mol. The number of halogens is 8. The highest BCUT2D eigenvalue weighted by atomic mass is 35.5. The summed E-state index contributed by atoms with van der Waals surface area (Å²) in [6.45, 7) is 0. The number of rotatable bonds is 3. The summed E-state index contributed by atoms with van der Waals surface area (Å²) in [5.74, 6) is 0. The van der Waals surface area contributed by atoms with Crippen molar-refractivity contribution in [1.82, 2.24) is 0 Å². The van der Waals surface area contributed by atoms with Crippen LogP contribution in [0.3, 0.4) is 0 Å². The normalized spacial score (nSPS) is 19.8. The lowest BCUT2D eigenvalue weighted by Crippen LogP contribution is -2.42. The molecule has 0 aliphatic carbocycles. The summed E-state index contributed by atoms with van der Waals surface area (Å²) >= 11 is 11.6. The second kappa shape index (κ2) is 7.66. The Hall–Kier alpha value is -2.46. The van der Waals surface area contributed by atoms with E-state index in [1.165, 1.54) is 6.07 Å². The second-order valence-electron chi connectivity index (χ2n) is 6.33. The SMILES string of the molecule is O/N=C/c1ccc(C2=NOC(c3cc(Cl)cc(Cl)c3)(C(F)(F)F)C2)cc1C(F)(F)F. The lowest BCUT2D eigenvalue weighted by atomic mass is 9.86. The Balaban J connectivity index is 2.07. The molecule has 1 aliphatic heterocycles. The van der Waals surface area contributed by atoms with E-state index in [0.717, 1.165) is 24.3 Å². The first kappa shape index (κ1) is 22.2. The lowest BCUT2D eigenvalue weighted by Gasteiger charge is -2.29. The fourth-order valence-corrected chi connectivity index (χ4v) is 3.53. The van der Waals surface area contributed by atoms with Gasteiger partial charge in [-0.15, -0.1) is 0 Å². The van der Waals surface area contributed by atoms with Crippen LogP contribution in [-0.2, 0) is 16.6 Å². The highest BCUT2D eigenvalue weighted by Crippen LogP contribution is 2.50. The number of oxime groups is 2. The van der Waals surface area contributed by atoms with Crippen molar-refractivity contribution in [2.45, 2.75) is 24.4 Å². The summed E-state index contributed by atoms with van der Waals surface area (Å²) in [5.41, 5.74) is -5.70. The Morgan fingerprint density at radius 2 is 1.67 bits per heavy atom. The Morgan fingerprint density at radius 1 is 1.03 bits per heavy atom. The quantitative estimate of drug-likeness (QED) is 0.244. The van der Waals surface area contributed by atoms with Gasteiger partial charge < -0.3 is 10.0 Å². The molecule has 1 heterocycles. The van der Waals surface area contributed by atoms with Crippen LogP contribution in [-0.4, -0.2) is 23.3 Å². The zero-order chi connectivity index (χ0) is 22.3. The number of alkyl halides is 6. The van der Waals surface area contributed by atoms with Crippen molar-refractivity contribution in [3.05, 3.63) is 68.7 Å². The predicted molar refractivity (Wildman–Crippen MR) is 97.3 cm³/mol. The molecule has 12 heteroatoms. The Kier molecular flexibility index (Phi) is 5.68. The van der Waals surface area contributed by atoms with Gasteiger partial charge in [0.2, 0.25) is 0 Å². The zero-order valence-electron chi connectivity index (χ0n) is 14.5. The molecule has 2 aromatic carbocycles. The third-order valence-electron chi connectivity index (χ3n) is 4.40. The molecule has 0 saturated carbocycles. The molecule has 1 unspecified atom stereocenters.